The molecule has 0 saturated heterocycles. The van der Waals surface area contributed by atoms with E-state index < -0.39 is 0 Å². The van der Waals surface area contributed by atoms with E-state index in [1.165, 1.54) is 12.1 Å². The van der Waals surface area contributed by atoms with Crippen molar-refractivity contribution in [2.45, 2.75) is 20.3 Å². The van der Waals surface area contributed by atoms with Gasteiger partial charge in [0, 0.05) is 6.42 Å². The van der Waals surface area contributed by atoms with Crippen LogP contribution in [0, 0.1) is 11.7 Å². The van der Waals surface area contributed by atoms with Gasteiger partial charge in [0.2, 0.25) is 0 Å². The molecule has 0 aliphatic rings. The van der Waals surface area contributed by atoms with Gasteiger partial charge in [0.25, 0.3) is 0 Å². The lowest BCUT2D eigenvalue weighted by atomic mass is 10.1. The average Bonchev–Trinajstić information content (AvgIpc) is 2.16. The Morgan fingerprint density at radius 1 is 1.44 bits per heavy atom. The van der Waals surface area contributed by atoms with Crippen molar-refractivity contribution in [3.8, 4) is 0 Å². The van der Waals surface area contributed by atoms with Crippen LogP contribution in [-0.4, -0.2) is 17.3 Å². The van der Waals surface area contributed by atoms with Crippen LogP contribution in [0.2, 0.25) is 0 Å². The van der Waals surface area contributed by atoms with Gasteiger partial charge in [-0.25, -0.2) is 4.39 Å². The van der Waals surface area contributed by atoms with Crippen molar-refractivity contribution in [2.24, 2.45) is 5.92 Å². The Labute approximate surface area is 100 Å². The van der Waals surface area contributed by atoms with Gasteiger partial charge in [-0.15, -0.1) is 0 Å². The molecule has 0 spiro atoms. The van der Waals surface area contributed by atoms with E-state index in [1.807, 2.05) is 0 Å². The van der Waals surface area contributed by atoms with Crippen LogP contribution >= 0.6 is 11.8 Å². The smallest absolute Gasteiger partial charge is 0.147 e. The molecule has 88 valence electrons. The zero-order valence-corrected chi connectivity index (χ0v) is 10.5. The molecular formula is C13H17FOS. The summed E-state index contributed by atoms with van der Waals surface area (Å²) in [4.78, 5) is 11.6. The number of carbonyl (C=O) groups is 1. The van der Waals surface area contributed by atoms with Crippen LogP contribution < -0.4 is 0 Å². The molecule has 0 aliphatic carbocycles. The molecule has 0 N–H and O–H groups in total. The molecule has 0 radical (unpaired) electrons. The fourth-order valence-corrected chi connectivity index (χ4v) is 2.25. The van der Waals surface area contributed by atoms with Crippen LogP contribution in [0.25, 0.3) is 0 Å². The molecule has 3 heteroatoms. The highest BCUT2D eigenvalue weighted by Crippen LogP contribution is 2.10. The number of carbonyl (C=O) groups excluding carboxylic acids is 1. The first-order valence-electron chi connectivity index (χ1n) is 5.42. The minimum absolute atomic E-state index is 0.163. The van der Waals surface area contributed by atoms with Gasteiger partial charge in [-0.3, -0.25) is 4.79 Å². The topological polar surface area (TPSA) is 17.1 Å². The third kappa shape index (κ3) is 5.31. The van der Waals surface area contributed by atoms with E-state index in [1.54, 1.807) is 23.9 Å². The molecule has 0 bridgehead atoms. The maximum Gasteiger partial charge on any atom is 0.147 e. The highest BCUT2D eigenvalue weighted by molar-refractivity contribution is 7.99. The number of ketones is 1. The van der Waals surface area contributed by atoms with E-state index in [0.717, 1.165) is 11.3 Å². The number of rotatable bonds is 6. The molecule has 0 aliphatic heterocycles. The van der Waals surface area contributed by atoms with Crippen LogP contribution in [0.5, 0.6) is 0 Å². The van der Waals surface area contributed by atoms with Crippen LogP contribution in [-0.2, 0) is 11.2 Å². The number of hydrogen-bond acceptors (Lipinski definition) is 2. The number of thioether (sulfide) groups is 1. The first kappa shape index (κ1) is 13.2. The van der Waals surface area contributed by atoms with E-state index >= 15 is 0 Å². The van der Waals surface area contributed by atoms with Crippen molar-refractivity contribution in [3.63, 3.8) is 0 Å². The number of Topliss-reactive ketones (excluding diaryl/α,β-unsaturated/α-hetero) is 1. The quantitative estimate of drug-likeness (QED) is 0.758. The lowest BCUT2D eigenvalue weighted by Gasteiger charge is -2.04. The van der Waals surface area contributed by atoms with Crippen molar-refractivity contribution >= 4 is 17.5 Å². The van der Waals surface area contributed by atoms with E-state index in [0.29, 0.717) is 18.1 Å². The molecule has 0 unspecified atom stereocenters. The largest absolute Gasteiger partial charge is 0.298 e. The molecule has 0 amide bonds. The summed E-state index contributed by atoms with van der Waals surface area (Å²) in [6.07, 6.45) is 0.336. The second kappa shape index (κ2) is 6.69. The van der Waals surface area contributed by atoms with Gasteiger partial charge in [0.15, 0.2) is 0 Å². The Kier molecular flexibility index (Phi) is 5.53. The lowest BCUT2D eigenvalue weighted by Crippen LogP contribution is -2.07. The number of benzene rings is 1. The Balaban J connectivity index is 2.34. The second-order valence-electron chi connectivity index (χ2n) is 4.25. The molecule has 0 fully saturated rings. The Morgan fingerprint density at radius 3 is 2.81 bits per heavy atom. The Hall–Kier alpha value is -0.830. The maximum absolute atomic E-state index is 12.9. The normalized spacial score (nSPS) is 10.8. The third-order valence-electron chi connectivity index (χ3n) is 2.00. The molecule has 1 aromatic rings. The van der Waals surface area contributed by atoms with Gasteiger partial charge in [-0.05, 0) is 29.4 Å². The Morgan fingerprint density at radius 2 is 2.19 bits per heavy atom. The highest BCUT2D eigenvalue weighted by atomic mass is 32.2. The number of hydrogen-bond donors (Lipinski definition) is 0. The van der Waals surface area contributed by atoms with Gasteiger partial charge in [0.1, 0.15) is 11.6 Å². The van der Waals surface area contributed by atoms with Crippen molar-refractivity contribution in [1.29, 1.82) is 0 Å². The van der Waals surface area contributed by atoms with E-state index in [9.17, 15) is 9.18 Å². The minimum Gasteiger partial charge on any atom is -0.298 e. The van der Waals surface area contributed by atoms with E-state index in [2.05, 4.69) is 13.8 Å². The molecule has 1 aromatic carbocycles. The molecular weight excluding hydrogens is 223 g/mol. The average molecular weight is 240 g/mol. The van der Waals surface area contributed by atoms with Gasteiger partial charge >= 0.3 is 0 Å². The molecule has 0 saturated carbocycles. The predicted molar refractivity (Wildman–Crippen MR) is 67.3 cm³/mol. The van der Waals surface area contributed by atoms with Crippen molar-refractivity contribution in [2.75, 3.05) is 11.5 Å². The Bertz CT molecular complexity index is 350. The van der Waals surface area contributed by atoms with E-state index in [4.69, 9.17) is 0 Å². The maximum atomic E-state index is 12.9. The molecule has 1 rings (SSSR count). The first-order chi connectivity index (χ1) is 7.58. The van der Waals surface area contributed by atoms with Crippen LogP contribution in [0.1, 0.15) is 19.4 Å². The summed E-state index contributed by atoms with van der Waals surface area (Å²) in [7, 11) is 0. The number of halogens is 1. The fourth-order valence-electron chi connectivity index (χ4n) is 1.33. The van der Waals surface area contributed by atoms with Gasteiger partial charge in [0.05, 0.1) is 5.75 Å². The summed E-state index contributed by atoms with van der Waals surface area (Å²) >= 11 is 1.65. The highest BCUT2D eigenvalue weighted by Gasteiger charge is 2.05. The second-order valence-corrected chi connectivity index (χ2v) is 5.28. The van der Waals surface area contributed by atoms with Crippen molar-refractivity contribution in [3.05, 3.63) is 35.6 Å². The van der Waals surface area contributed by atoms with Gasteiger partial charge in [-0.1, -0.05) is 26.0 Å². The summed E-state index contributed by atoms with van der Waals surface area (Å²) in [6.45, 7) is 4.26. The molecule has 0 atom stereocenters. The van der Waals surface area contributed by atoms with Crippen molar-refractivity contribution in [1.82, 2.24) is 0 Å². The SMILES string of the molecule is CC(C)CSCC(=O)Cc1cccc(F)c1. The van der Waals surface area contributed by atoms with Crippen LogP contribution in [0.15, 0.2) is 24.3 Å². The summed E-state index contributed by atoms with van der Waals surface area (Å²) in [5.41, 5.74) is 0.759. The molecule has 0 heterocycles. The minimum atomic E-state index is -0.278. The third-order valence-corrected chi connectivity index (χ3v) is 3.43. The van der Waals surface area contributed by atoms with Crippen LogP contribution in [0.3, 0.4) is 0 Å². The lowest BCUT2D eigenvalue weighted by molar-refractivity contribution is -0.116. The molecule has 1 nitrogen and oxygen atoms in total. The van der Waals surface area contributed by atoms with Crippen LogP contribution in [0.4, 0.5) is 4.39 Å². The van der Waals surface area contributed by atoms with E-state index in [-0.39, 0.29) is 11.6 Å². The zero-order chi connectivity index (χ0) is 12.0. The monoisotopic (exact) mass is 240 g/mol. The summed E-state index contributed by atoms with van der Waals surface area (Å²) < 4.78 is 12.9. The van der Waals surface area contributed by atoms with Crippen molar-refractivity contribution < 1.29 is 9.18 Å². The molecule has 0 aromatic heterocycles. The summed E-state index contributed by atoms with van der Waals surface area (Å²) in [5, 5.41) is 0. The first-order valence-corrected chi connectivity index (χ1v) is 6.57. The fraction of sp³-hybridized carbons (Fsp3) is 0.462. The summed E-state index contributed by atoms with van der Waals surface area (Å²) in [6, 6.07) is 6.24. The molecule has 16 heavy (non-hydrogen) atoms. The predicted octanol–water partition coefficient (Wildman–Crippen LogP) is 3.33. The van der Waals surface area contributed by atoms with Gasteiger partial charge < -0.3 is 0 Å². The standard InChI is InChI=1S/C13H17FOS/c1-10(2)8-16-9-13(15)7-11-4-3-5-12(14)6-11/h3-6,10H,7-9H2,1-2H3. The zero-order valence-electron chi connectivity index (χ0n) is 9.70. The summed E-state index contributed by atoms with van der Waals surface area (Å²) in [5.74, 6) is 2.01. The van der Waals surface area contributed by atoms with Gasteiger partial charge in [-0.2, -0.15) is 11.8 Å².